The van der Waals surface area contributed by atoms with Gasteiger partial charge in [0.2, 0.25) is 0 Å². The third kappa shape index (κ3) is 14.5. The van der Waals surface area contributed by atoms with E-state index >= 15 is 0 Å². The van der Waals surface area contributed by atoms with Crippen LogP contribution in [0.1, 0.15) is 84.4 Å². The van der Waals surface area contributed by atoms with Gasteiger partial charge in [-0.15, -0.1) is 5.10 Å². The fraction of sp³-hybridized carbons (Fsp3) is 0.582. The number of benzene rings is 2. The highest BCUT2D eigenvalue weighted by Crippen LogP contribution is 2.35. The first kappa shape index (κ1) is 54.0. The highest BCUT2D eigenvalue weighted by atomic mass is 16.7. The average Bonchev–Trinajstić information content (AvgIpc) is 3.82. The first-order valence-electron chi connectivity index (χ1n) is 25.6. The lowest BCUT2D eigenvalue weighted by Crippen LogP contribution is -2.63. The number of aromatic nitrogens is 4. The SMILES string of the molecule is CC[C@H]1OC(=O)C[C@@H](O)[C@H](C)[C@@H](O[C@@H]2O[C@H](C)[C@@H](O)[C@H](N(C)C)[C@H]2O)[C@@H](CCN(Cc2ccccc2)Cc2cn(-c3cnc4ccccc4c3)nn2)C[C@@H](C)C(=O)/C=C/C(C)=C/[C@@H]1CN1CCC(O)CC1. The molecule has 0 unspecified atom stereocenters. The van der Waals surface area contributed by atoms with Crippen LogP contribution in [0.4, 0.5) is 0 Å². The quantitative estimate of drug-likeness (QED) is 0.116. The predicted molar refractivity (Wildman–Crippen MR) is 271 cm³/mol. The topological polar surface area (TPSA) is 196 Å². The number of fused-ring (bicyclic) bond motifs is 1. The number of cyclic esters (lactones) is 1. The van der Waals surface area contributed by atoms with E-state index < -0.39 is 72.7 Å². The molecule has 3 aliphatic rings. The van der Waals surface area contributed by atoms with Gasteiger partial charge in [-0.05, 0) is 96.3 Å². The monoisotopic (exact) mass is 980 g/mol. The molecule has 16 nitrogen and oxygen atoms in total. The van der Waals surface area contributed by atoms with E-state index in [1.54, 1.807) is 42.9 Å². The van der Waals surface area contributed by atoms with Gasteiger partial charge in [0.25, 0.3) is 0 Å². The van der Waals surface area contributed by atoms with Gasteiger partial charge in [-0.3, -0.25) is 19.5 Å². The number of para-hydroxylation sites is 1. The summed E-state index contributed by atoms with van der Waals surface area (Å²) in [5.41, 5.74) is 4.36. The third-order valence-electron chi connectivity index (χ3n) is 14.8. The number of ether oxygens (including phenoxy) is 3. The number of likely N-dealkylation sites (tertiary alicyclic amines) is 1. The Hall–Kier alpha value is -4.75. The van der Waals surface area contributed by atoms with Crippen molar-refractivity contribution in [1.29, 1.82) is 0 Å². The van der Waals surface area contributed by atoms with E-state index in [2.05, 4.69) is 43.3 Å². The second-order valence-electron chi connectivity index (χ2n) is 20.6. The summed E-state index contributed by atoms with van der Waals surface area (Å²) in [5.74, 6) is -2.43. The first-order valence-corrected chi connectivity index (χ1v) is 25.6. The van der Waals surface area contributed by atoms with Crippen molar-refractivity contribution in [2.24, 2.45) is 23.7 Å². The van der Waals surface area contributed by atoms with E-state index in [9.17, 15) is 30.0 Å². The van der Waals surface area contributed by atoms with Gasteiger partial charge in [-0.2, -0.15) is 0 Å². The number of piperidine rings is 1. The summed E-state index contributed by atoms with van der Waals surface area (Å²) in [6, 6.07) is 19.4. The zero-order valence-electron chi connectivity index (χ0n) is 42.6. The van der Waals surface area contributed by atoms with Gasteiger partial charge >= 0.3 is 5.97 Å². The number of esters is 1. The lowest BCUT2D eigenvalue weighted by molar-refractivity contribution is -0.304. The highest BCUT2D eigenvalue weighted by Gasteiger charge is 2.47. The van der Waals surface area contributed by atoms with Crippen molar-refractivity contribution in [1.82, 2.24) is 34.7 Å². The van der Waals surface area contributed by atoms with Crippen LogP contribution in [0.3, 0.4) is 0 Å². The van der Waals surface area contributed by atoms with Gasteiger partial charge in [0, 0.05) is 55.9 Å². The van der Waals surface area contributed by atoms with Crippen LogP contribution in [-0.4, -0.2) is 162 Å². The number of carbonyl (C=O) groups is 2. The second kappa shape index (κ2) is 25.3. The molecule has 3 aliphatic heterocycles. The number of carbonyl (C=O) groups excluding carboxylic acids is 2. The minimum Gasteiger partial charge on any atom is -0.462 e. The van der Waals surface area contributed by atoms with Crippen LogP contribution in [-0.2, 0) is 36.9 Å². The fourth-order valence-corrected chi connectivity index (χ4v) is 10.6. The van der Waals surface area contributed by atoms with Crippen molar-refractivity contribution >= 4 is 22.7 Å². The number of likely N-dealkylation sites (N-methyl/N-ethyl adjacent to an activating group) is 1. The van der Waals surface area contributed by atoms with E-state index in [1.165, 1.54) is 0 Å². The first-order chi connectivity index (χ1) is 34.1. The molecule has 0 radical (unpaired) electrons. The number of aliphatic hydroxyl groups excluding tert-OH is 4. The Bertz CT molecular complexity index is 2390. The molecule has 4 aromatic rings. The molecular formula is C55H77N7O9. The summed E-state index contributed by atoms with van der Waals surface area (Å²) < 4.78 is 21.2. The van der Waals surface area contributed by atoms with Crippen LogP contribution >= 0.6 is 0 Å². The molecule has 7 rings (SSSR count). The van der Waals surface area contributed by atoms with E-state index in [4.69, 9.17) is 14.2 Å². The van der Waals surface area contributed by atoms with Crippen molar-refractivity contribution in [2.45, 2.75) is 141 Å². The summed E-state index contributed by atoms with van der Waals surface area (Å²) >= 11 is 0. The number of hydrogen-bond donors (Lipinski definition) is 4. The molecule has 0 spiro atoms. The molecule has 5 heterocycles. The molecule has 71 heavy (non-hydrogen) atoms. The van der Waals surface area contributed by atoms with E-state index in [0.29, 0.717) is 58.3 Å². The van der Waals surface area contributed by atoms with Crippen LogP contribution in [0.25, 0.3) is 16.6 Å². The standard InChI is InChI=1S/C55H77N7O9/c1-8-49-42(32-60-24-21-45(63)22-25-60)26-35(2)18-19-47(64)36(3)27-41(54(37(4)48(65)29-50(66)70-49)71-55-53(68)51(59(6)7)52(67)38(5)69-55)20-23-61(31-39-14-10-9-11-15-39)33-43-34-62(58-57-43)44-28-40-16-12-13-17-46(40)56-30-44/h9-19,26,28,30,34,36-38,41-42,45,48-49,51-55,63,65,67-68H,8,20-25,27,29,31-33H2,1-7H3/b19-18+,35-26+/t36-,37+,38-,41+,42-,48-,49-,51+,52-,53-,54-,55+/m1/s1. The molecule has 386 valence electrons. The lowest BCUT2D eigenvalue weighted by atomic mass is 9.79. The molecule has 0 aliphatic carbocycles. The van der Waals surface area contributed by atoms with Crippen molar-refractivity contribution in [3.8, 4) is 5.69 Å². The van der Waals surface area contributed by atoms with Gasteiger partial charge in [-0.1, -0.05) is 92.2 Å². The molecular weight excluding hydrogens is 903 g/mol. The van der Waals surface area contributed by atoms with Gasteiger partial charge in [-0.25, -0.2) is 4.68 Å². The normalized spacial score (nSPS) is 31.4. The Labute approximate surface area is 419 Å². The van der Waals surface area contributed by atoms with Crippen LogP contribution in [0, 0.1) is 23.7 Å². The number of ketones is 1. The molecule has 2 aromatic carbocycles. The summed E-state index contributed by atoms with van der Waals surface area (Å²) in [5, 5.41) is 55.5. The van der Waals surface area contributed by atoms with Gasteiger partial charge < -0.3 is 44.4 Å². The minimum atomic E-state index is -1.27. The number of nitrogens with zero attached hydrogens (tertiary/aromatic N) is 7. The van der Waals surface area contributed by atoms with Gasteiger partial charge in [0.05, 0.1) is 72.3 Å². The molecule has 0 amide bonds. The van der Waals surface area contributed by atoms with Crippen molar-refractivity contribution < 1.29 is 44.2 Å². The smallest absolute Gasteiger partial charge is 0.308 e. The molecule has 0 saturated carbocycles. The summed E-state index contributed by atoms with van der Waals surface area (Å²) in [4.78, 5) is 39.2. The summed E-state index contributed by atoms with van der Waals surface area (Å²) in [6.07, 6.45) is 4.50. The molecule has 2 aromatic heterocycles. The zero-order chi connectivity index (χ0) is 50.8. The lowest BCUT2D eigenvalue weighted by Gasteiger charge is -2.46. The van der Waals surface area contributed by atoms with Crippen LogP contribution in [0.2, 0.25) is 0 Å². The Morgan fingerprint density at radius 2 is 1.65 bits per heavy atom. The Morgan fingerprint density at radius 3 is 2.38 bits per heavy atom. The highest BCUT2D eigenvalue weighted by molar-refractivity contribution is 5.91. The van der Waals surface area contributed by atoms with Crippen molar-refractivity contribution in [3.05, 3.63) is 108 Å². The maximum absolute atomic E-state index is 14.3. The largest absolute Gasteiger partial charge is 0.462 e. The number of rotatable bonds is 14. The van der Waals surface area contributed by atoms with E-state index in [0.717, 1.165) is 46.5 Å². The Balaban J connectivity index is 1.21. The molecule has 0 bridgehead atoms. The summed E-state index contributed by atoms with van der Waals surface area (Å²) in [7, 11) is 3.56. The van der Waals surface area contributed by atoms with Gasteiger partial charge in [0.1, 0.15) is 12.2 Å². The molecule has 16 heteroatoms. The number of hydrogen-bond acceptors (Lipinski definition) is 15. The Morgan fingerprint density at radius 1 is 0.915 bits per heavy atom. The van der Waals surface area contributed by atoms with Crippen molar-refractivity contribution in [2.75, 3.05) is 40.3 Å². The second-order valence-corrected chi connectivity index (χ2v) is 20.6. The zero-order valence-corrected chi connectivity index (χ0v) is 42.6. The number of pyridine rings is 1. The maximum Gasteiger partial charge on any atom is 0.308 e. The fourth-order valence-electron chi connectivity index (χ4n) is 10.6. The predicted octanol–water partition coefficient (Wildman–Crippen LogP) is 5.50. The van der Waals surface area contributed by atoms with Gasteiger partial charge in [0.15, 0.2) is 12.1 Å². The van der Waals surface area contributed by atoms with E-state index in [1.807, 2.05) is 88.5 Å². The Kier molecular flexibility index (Phi) is 19.2. The molecule has 12 atom stereocenters. The van der Waals surface area contributed by atoms with Crippen molar-refractivity contribution in [3.63, 3.8) is 0 Å². The number of aliphatic hydroxyl groups is 4. The van der Waals surface area contributed by atoms with Crippen LogP contribution in [0.15, 0.2) is 96.9 Å². The molecule has 4 N–H and O–H groups in total. The van der Waals surface area contributed by atoms with E-state index in [-0.39, 0.29) is 24.2 Å². The van der Waals surface area contributed by atoms with Crippen LogP contribution in [0.5, 0.6) is 0 Å². The third-order valence-corrected chi connectivity index (χ3v) is 14.8. The van der Waals surface area contributed by atoms with Crippen LogP contribution < -0.4 is 0 Å². The minimum absolute atomic E-state index is 0.0684. The number of allylic oxidation sites excluding steroid dienone is 3. The average molecular weight is 980 g/mol. The molecule has 2 saturated heterocycles. The summed E-state index contributed by atoms with van der Waals surface area (Å²) in [6.45, 7) is 13.0. The molecule has 2 fully saturated rings. The maximum atomic E-state index is 14.3.